The second kappa shape index (κ2) is 8.78. The van der Waals surface area contributed by atoms with Gasteiger partial charge in [-0.2, -0.15) is 0 Å². The number of aromatic carboxylic acids is 1. The standard InChI is InChI=1S/C24H28O6/c1-4-6-19(25)18-9-10-21(16(3)22(18)26)30-14-24(11-12-24)13-29-20-8-5-7-17(15(20)2)23(27)28/h5,7-10,26H,4,6,11-14H2,1-3H3,(H,27,28). The molecule has 0 aromatic heterocycles. The Labute approximate surface area is 176 Å². The van der Waals surface area contributed by atoms with Gasteiger partial charge in [0, 0.05) is 23.0 Å². The summed E-state index contributed by atoms with van der Waals surface area (Å²) in [4.78, 5) is 23.4. The van der Waals surface area contributed by atoms with E-state index in [1.807, 2.05) is 6.92 Å². The molecule has 1 aliphatic rings. The van der Waals surface area contributed by atoms with Crippen LogP contribution in [-0.2, 0) is 0 Å². The van der Waals surface area contributed by atoms with Crippen LogP contribution in [-0.4, -0.2) is 35.2 Å². The fourth-order valence-electron chi connectivity index (χ4n) is 3.40. The predicted octanol–water partition coefficient (Wildman–Crippen LogP) is 4.93. The van der Waals surface area contributed by atoms with Crippen molar-refractivity contribution in [3.63, 3.8) is 0 Å². The van der Waals surface area contributed by atoms with Crippen molar-refractivity contribution >= 4 is 11.8 Å². The number of ketones is 1. The van der Waals surface area contributed by atoms with Crippen LogP contribution in [0.3, 0.4) is 0 Å². The van der Waals surface area contributed by atoms with Gasteiger partial charge in [0.15, 0.2) is 5.78 Å². The molecule has 1 aliphatic carbocycles. The fraction of sp³-hybridized carbons (Fsp3) is 0.417. The minimum atomic E-state index is -0.974. The van der Waals surface area contributed by atoms with Crippen molar-refractivity contribution < 1.29 is 29.3 Å². The molecule has 160 valence electrons. The average molecular weight is 412 g/mol. The van der Waals surface area contributed by atoms with E-state index >= 15 is 0 Å². The van der Waals surface area contributed by atoms with Crippen LogP contribution in [0.4, 0.5) is 0 Å². The highest BCUT2D eigenvalue weighted by Gasteiger charge is 2.45. The van der Waals surface area contributed by atoms with Gasteiger partial charge in [0.25, 0.3) is 0 Å². The van der Waals surface area contributed by atoms with Gasteiger partial charge in [-0.1, -0.05) is 13.0 Å². The molecule has 3 rings (SSSR count). The lowest BCUT2D eigenvalue weighted by atomic mass is 10.0. The molecule has 0 atom stereocenters. The quantitative estimate of drug-likeness (QED) is 0.538. The molecule has 0 unspecified atom stereocenters. The molecule has 30 heavy (non-hydrogen) atoms. The Kier molecular flexibility index (Phi) is 6.34. The Balaban J connectivity index is 1.64. The first-order chi connectivity index (χ1) is 14.3. The highest BCUT2D eigenvalue weighted by molar-refractivity contribution is 5.99. The third-order valence-electron chi connectivity index (χ3n) is 5.70. The second-order valence-corrected chi connectivity index (χ2v) is 8.07. The number of hydrogen-bond acceptors (Lipinski definition) is 5. The number of carbonyl (C=O) groups is 2. The number of carboxylic acid groups (broad SMARTS) is 1. The summed E-state index contributed by atoms with van der Waals surface area (Å²) < 4.78 is 11.9. The van der Waals surface area contributed by atoms with Crippen molar-refractivity contribution in [2.24, 2.45) is 5.41 Å². The van der Waals surface area contributed by atoms with E-state index < -0.39 is 5.97 Å². The van der Waals surface area contributed by atoms with Gasteiger partial charge in [0.05, 0.1) is 24.3 Å². The Hall–Kier alpha value is -3.02. The van der Waals surface area contributed by atoms with Crippen molar-refractivity contribution in [3.05, 3.63) is 52.6 Å². The van der Waals surface area contributed by atoms with Crippen LogP contribution in [0.1, 0.15) is 64.4 Å². The highest BCUT2D eigenvalue weighted by Crippen LogP contribution is 2.47. The fourth-order valence-corrected chi connectivity index (χ4v) is 3.40. The van der Waals surface area contributed by atoms with Crippen LogP contribution >= 0.6 is 0 Å². The summed E-state index contributed by atoms with van der Waals surface area (Å²) in [6, 6.07) is 8.36. The number of carboxylic acids is 1. The average Bonchev–Trinajstić information content (AvgIpc) is 3.48. The maximum Gasteiger partial charge on any atom is 0.336 e. The normalized spacial score (nSPS) is 14.2. The second-order valence-electron chi connectivity index (χ2n) is 8.07. The van der Waals surface area contributed by atoms with Crippen molar-refractivity contribution in [3.8, 4) is 17.2 Å². The summed E-state index contributed by atoms with van der Waals surface area (Å²) in [5, 5.41) is 19.7. The summed E-state index contributed by atoms with van der Waals surface area (Å²) in [6.07, 6.45) is 3.02. The molecule has 0 amide bonds. The number of ether oxygens (including phenoxy) is 2. The Morgan fingerprint density at radius 1 is 0.967 bits per heavy atom. The van der Waals surface area contributed by atoms with Crippen molar-refractivity contribution in [1.82, 2.24) is 0 Å². The van der Waals surface area contributed by atoms with Crippen LogP contribution in [0, 0.1) is 19.3 Å². The molecule has 6 heteroatoms. The van der Waals surface area contributed by atoms with E-state index in [-0.39, 0.29) is 22.5 Å². The van der Waals surface area contributed by atoms with E-state index in [9.17, 15) is 19.8 Å². The van der Waals surface area contributed by atoms with Gasteiger partial charge in [-0.05, 0) is 57.4 Å². The van der Waals surface area contributed by atoms with E-state index in [4.69, 9.17) is 9.47 Å². The van der Waals surface area contributed by atoms with E-state index in [0.717, 1.165) is 19.3 Å². The molecule has 0 saturated heterocycles. The number of aromatic hydroxyl groups is 1. The first kappa shape index (κ1) is 21.7. The summed E-state index contributed by atoms with van der Waals surface area (Å²) >= 11 is 0. The molecule has 2 N–H and O–H groups in total. The molecule has 0 radical (unpaired) electrons. The van der Waals surface area contributed by atoms with Gasteiger partial charge < -0.3 is 19.7 Å². The first-order valence-electron chi connectivity index (χ1n) is 10.2. The van der Waals surface area contributed by atoms with Crippen LogP contribution in [0.15, 0.2) is 30.3 Å². The maximum absolute atomic E-state index is 12.1. The third kappa shape index (κ3) is 4.58. The van der Waals surface area contributed by atoms with Crippen molar-refractivity contribution in [2.45, 2.75) is 46.5 Å². The van der Waals surface area contributed by atoms with E-state index in [1.165, 1.54) is 0 Å². The maximum atomic E-state index is 12.1. The van der Waals surface area contributed by atoms with Gasteiger partial charge in [0.1, 0.15) is 17.2 Å². The lowest BCUT2D eigenvalue weighted by Gasteiger charge is -2.20. The number of phenolic OH excluding ortho intramolecular Hbond substituents is 1. The Bertz CT molecular complexity index is 958. The summed E-state index contributed by atoms with van der Waals surface area (Å²) in [5.74, 6) is 0.0482. The third-order valence-corrected chi connectivity index (χ3v) is 5.70. The number of benzene rings is 2. The van der Waals surface area contributed by atoms with Crippen LogP contribution in [0.5, 0.6) is 17.2 Å². The van der Waals surface area contributed by atoms with E-state index in [0.29, 0.717) is 47.8 Å². The molecule has 1 fully saturated rings. The smallest absolute Gasteiger partial charge is 0.336 e. The minimum absolute atomic E-state index is 0.0202. The first-order valence-corrected chi connectivity index (χ1v) is 10.2. The van der Waals surface area contributed by atoms with E-state index in [1.54, 1.807) is 44.2 Å². The van der Waals surface area contributed by atoms with Gasteiger partial charge in [-0.15, -0.1) is 0 Å². The SMILES string of the molecule is CCCC(=O)c1ccc(OCC2(COc3cccc(C(=O)O)c3C)CC2)c(C)c1O. The summed E-state index contributed by atoms with van der Waals surface area (Å²) in [7, 11) is 0. The van der Waals surface area contributed by atoms with Crippen molar-refractivity contribution in [1.29, 1.82) is 0 Å². The molecule has 0 bridgehead atoms. The molecular formula is C24H28O6. The molecule has 0 spiro atoms. The molecule has 0 heterocycles. The largest absolute Gasteiger partial charge is 0.507 e. The van der Waals surface area contributed by atoms with Gasteiger partial charge in [-0.25, -0.2) is 4.79 Å². The molecule has 2 aromatic carbocycles. The van der Waals surface area contributed by atoms with Crippen LogP contribution in [0.2, 0.25) is 0 Å². The zero-order valence-electron chi connectivity index (χ0n) is 17.7. The number of rotatable bonds is 10. The van der Waals surface area contributed by atoms with E-state index in [2.05, 4.69) is 0 Å². The van der Waals surface area contributed by atoms with Gasteiger partial charge in [-0.3, -0.25) is 4.79 Å². The van der Waals surface area contributed by atoms with Gasteiger partial charge >= 0.3 is 5.97 Å². The topological polar surface area (TPSA) is 93.1 Å². The van der Waals surface area contributed by atoms with Crippen molar-refractivity contribution in [2.75, 3.05) is 13.2 Å². The molecular weight excluding hydrogens is 384 g/mol. The lowest BCUT2D eigenvalue weighted by molar-refractivity contribution is 0.0695. The zero-order chi connectivity index (χ0) is 21.9. The molecule has 2 aromatic rings. The van der Waals surface area contributed by atoms with Crippen LogP contribution in [0.25, 0.3) is 0 Å². The number of Topliss-reactive ketones (excluding diaryl/α,β-unsaturated/α-hetero) is 1. The highest BCUT2D eigenvalue weighted by atomic mass is 16.5. The van der Waals surface area contributed by atoms with Crippen LogP contribution < -0.4 is 9.47 Å². The zero-order valence-corrected chi connectivity index (χ0v) is 17.7. The number of hydrogen-bond donors (Lipinski definition) is 2. The monoisotopic (exact) mass is 412 g/mol. The molecule has 0 aliphatic heterocycles. The number of phenols is 1. The van der Waals surface area contributed by atoms with Gasteiger partial charge in [0.2, 0.25) is 0 Å². The lowest BCUT2D eigenvalue weighted by Crippen LogP contribution is -2.22. The number of carbonyl (C=O) groups excluding carboxylic acids is 1. The summed E-state index contributed by atoms with van der Waals surface area (Å²) in [5.41, 5.74) is 1.59. The minimum Gasteiger partial charge on any atom is -0.507 e. The Morgan fingerprint density at radius 2 is 1.60 bits per heavy atom. The summed E-state index contributed by atoms with van der Waals surface area (Å²) in [6.45, 7) is 6.25. The molecule has 6 nitrogen and oxygen atoms in total. The predicted molar refractivity (Wildman–Crippen MR) is 113 cm³/mol. The molecule has 1 saturated carbocycles. The Morgan fingerprint density at radius 3 is 2.17 bits per heavy atom.